The molecule has 0 spiro atoms. The highest BCUT2D eigenvalue weighted by molar-refractivity contribution is 5.99. The van der Waals surface area contributed by atoms with Crippen molar-refractivity contribution in [3.8, 4) is 11.5 Å². The summed E-state index contributed by atoms with van der Waals surface area (Å²) < 4.78 is 11.2. The number of methoxy groups -OCH3 is 1. The molecule has 0 saturated heterocycles. The fraction of sp³-hybridized carbons (Fsp3) is 0.192. The molecule has 1 atom stereocenters. The van der Waals surface area contributed by atoms with Crippen LogP contribution in [0.4, 0.5) is 0 Å². The Morgan fingerprint density at radius 3 is 2.41 bits per heavy atom. The van der Waals surface area contributed by atoms with E-state index < -0.39 is 0 Å². The van der Waals surface area contributed by atoms with E-state index in [1.807, 2.05) is 66.7 Å². The first-order chi connectivity index (χ1) is 14.2. The van der Waals surface area contributed by atoms with Gasteiger partial charge < -0.3 is 9.47 Å². The Morgan fingerprint density at radius 2 is 1.66 bits per heavy atom. The van der Waals surface area contributed by atoms with Crippen LogP contribution in [-0.4, -0.2) is 12.9 Å². The Balaban J connectivity index is 1.50. The highest BCUT2D eigenvalue weighted by Gasteiger charge is 2.23. The summed E-state index contributed by atoms with van der Waals surface area (Å²) in [6.45, 7) is 0.525. The summed E-state index contributed by atoms with van der Waals surface area (Å²) in [5, 5.41) is 0. The fourth-order valence-electron chi connectivity index (χ4n) is 3.73. The molecule has 1 aliphatic rings. The monoisotopic (exact) mass is 384 g/mol. The zero-order valence-electron chi connectivity index (χ0n) is 16.5. The maximum atomic E-state index is 12.4. The zero-order valence-corrected chi connectivity index (χ0v) is 16.5. The van der Waals surface area contributed by atoms with Crippen LogP contribution < -0.4 is 9.47 Å². The van der Waals surface area contributed by atoms with Gasteiger partial charge in [-0.2, -0.15) is 0 Å². The minimum Gasteiger partial charge on any atom is -0.497 e. The third-order valence-corrected chi connectivity index (χ3v) is 5.29. The van der Waals surface area contributed by atoms with Gasteiger partial charge in [-0.15, -0.1) is 0 Å². The van der Waals surface area contributed by atoms with Gasteiger partial charge in [-0.05, 0) is 64.9 Å². The summed E-state index contributed by atoms with van der Waals surface area (Å²) in [7, 11) is 1.66. The van der Waals surface area contributed by atoms with Crippen molar-refractivity contribution < 1.29 is 14.3 Å². The predicted molar refractivity (Wildman–Crippen MR) is 115 cm³/mol. The van der Waals surface area contributed by atoms with Crippen LogP contribution >= 0.6 is 0 Å². The SMILES string of the molecule is COc1ccc([C@H]2CC(=O)C=C(c3cccc(OCc4ccccc4)c3)C2)cc1. The molecular weight excluding hydrogens is 360 g/mol. The second kappa shape index (κ2) is 8.78. The summed E-state index contributed by atoms with van der Waals surface area (Å²) in [6.07, 6.45) is 3.16. The van der Waals surface area contributed by atoms with Crippen molar-refractivity contribution >= 4 is 11.4 Å². The quantitative estimate of drug-likeness (QED) is 0.538. The van der Waals surface area contributed by atoms with Crippen LogP contribution in [-0.2, 0) is 11.4 Å². The van der Waals surface area contributed by atoms with Crippen LogP contribution in [0.15, 0.2) is 84.9 Å². The van der Waals surface area contributed by atoms with E-state index in [1.165, 1.54) is 5.56 Å². The summed E-state index contributed by atoms with van der Waals surface area (Å²) in [5.41, 5.74) is 4.40. The zero-order chi connectivity index (χ0) is 20.1. The molecule has 0 bridgehead atoms. The van der Waals surface area contributed by atoms with Crippen LogP contribution in [0, 0.1) is 0 Å². The standard InChI is InChI=1S/C26H24O3/c1-28-25-12-10-20(11-13-25)22-14-23(16-24(27)15-22)21-8-5-9-26(17-21)29-18-19-6-3-2-4-7-19/h2-13,16-17,22H,14-15,18H2,1H3/t22-/m1/s1. The number of hydrogen-bond acceptors (Lipinski definition) is 3. The molecule has 1 aliphatic carbocycles. The first-order valence-electron chi connectivity index (χ1n) is 9.86. The lowest BCUT2D eigenvalue weighted by molar-refractivity contribution is -0.115. The Hall–Kier alpha value is -3.33. The van der Waals surface area contributed by atoms with Gasteiger partial charge >= 0.3 is 0 Å². The number of allylic oxidation sites excluding steroid dienone is 2. The third-order valence-electron chi connectivity index (χ3n) is 5.29. The molecule has 0 heterocycles. The largest absolute Gasteiger partial charge is 0.497 e. The van der Waals surface area contributed by atoms with E-state index in [4.69, 9.17) is 9.47 Å². The fourth-order valence-corrected chi connectivity index (χ4v) is 3.73. The summed E-state index contributed by atoms with van der Waals surface area (Å²) in [4.78, 5) is 12.4. The van der Waals surface area contributed by atoms with E-state index in [-0.39, 0.29) is 11.7 Å². The van der Waals surface area contributed by atoms with Gasteiger partial charge in [0.2, 0.25) is 0 Å². The number of rotatable bonds is 6. The van der Waals surface area contributed by atoms with Gasteiger partial charge in [0.15, 0.2) is 5.78 Å². The van der Waals surface area contributed by atoms with Crippen LogP contribution in [0.3, 0.4) is 0 Å². The van der Waals surface area contributed by atoms with E-state index in [9.17, 15) is 4.79 Å². The molecule has 29 heavy (non-hydrogen) atoms. The molecule has 3 aromatic carbocycles. The van der Waals surface area contributed by atoms with E-state index in [0.717, 1.165) is 34.6 Å². The highest BCUT2D eigenvalue weighted by atomic mass is 16.5. The molecule has 0 amide bonds. The van der Waals surface area contributed by atoms with Crippen LogP contribution in [0.25, 0.3) is 5.57 Å². The number of ether oxygens (including phenoxy) is 2. The molecule has 3 heteroatoms. The molecule has 0 N–H and O–H groups in total. The van der Waals surface area contributed by atoms with Gasteiger partial charge in [0.1, 0.15) is 18.1 Å². The van der Waals surface area contributed by atoms with Gasteiger partial charge in [0.25, 0.3) is 0 Å². The number of carbonyl (C=O) groups excluding carboxylic acids is 1. The summed E-state index contributed by atoms with van der Waals surface area (Å²) in [6, 6.07) is 26.1. The van der Waals surface area contributed by atoms with Crippen molar-refractivity contribution in [2.24, 2.45) is 0 Å². The molecule has 0 aromatic heterocycles. The van der Waals surface area contributed by atoms with Crippen molar-refractivity contribution in [3.63, 3.8) is 0 Å². The van der Waals surface area contributed by atoms with Gasteiger partial charge in [0.05, 0.1) is 7.11 Å². The van der Waals surface area contributed by atoms with Crippen molar-refractivity contribution in [1.29, 1.82) is 0 Å². The molecule has 3 nitrogen and oxygen atoms in total. The molecule has 0 aliphatic heterocycles. The molecular formula is C26H24O3. The van der Waals surface area contributed by atoms with Crippen LogP contribution in [0.2, 0.25) is 0 Å². The second-order valence-electron chi connectivity index (χ2n) is 7.32. The Morgan fingerprint density at radius 1 is 0.862 bits per heavy atom. The average Bonchev–Trinajstić information content (AvgIpc) is 2.78. The minimum absolute atomic E-state index is 0.169. The number of carbonyl (C=O) groups is 1. The number of benzene rings is 3. The lowest BCUT2D eigenvalue weighted by atomic mass is 9.81. The van der Waals surface area contributed by atoms with Gasteiger partial charge in [-0.25, -0.2) is 0 Å². The Kier molecular flexibility index (Phi) is 5.76. The smallest absolute Gasteiger partial charge is 0.156 e. The normalized spacial score (nSPS) is 16.2. The topological polar surface area (TPSA) is 35.5 Å². The van der Waals surface area contributed by atoms with E-state index in [2.05, 4.69) is 12.1 Å². The maximum absolute atomic E-state index is 12.4. The molecule has 0 radical (unpaired) electrons. The lowest BCUT2D eigenvalue weighted by Crippen LogP contribution is -2.12. The van der Waals surface area contributed by atoms with Crippen LogP contribution in [0.5, 0.6) is 11.5 Å². The van der Waals surface area contributed by atoms with Crippen molar-refractivity contribution in [2.75, 3.05) is 7.11 Å². The van der Waals surface area contributed by atoms with Crippen molar-refractivity contribution in [3.05, 3.63) is 102 Å². The molecule has 4 rings (SSSR count). The van der Waals surface area contributed by atoms with Gasteiger partial charge in [-0.1, -0.05) is 54.6 Å². The van der Waals surface area contributed by atoms with Crippen LogP contribution in [0.1, 0.15) is 35.4 Å². The first kappa shape index (κ1) is 19.0. The van der Waals surface area contributed by atoms with Gasteiger partial charge in [0, 0.05) is 6.42 Å². The average molecular weight is 384 g/mol. The molecule has 0 saturated carbocycles. The van der Waals surface area contributed by atoms with E-state index in [0.29, 0.717) is 13.0 Å². The molecule has 0 unspecified atom stereocenters. The predicted octanol–water partition coefficient (Wildman–Crippen LogP) is 5.80. The third kappa shape index (κ3) is 4.75. The van der Waals surface area contributed by atoms with E-state index in [1.54, 1.807) is 13.2 Å². The van der Waals surface area contributed by atoms with Crippen molar-refractivity contribution in [1.82, 2.24) is 0 Å². The number of ketones is 1. The van der Waals surface area contributed by atoms with Crippen molar-refractivity contribution in [2.45, 2.75) is 25.4 Å². The summed E-state index contributed by atoms with van der Waals surface area (Å²) >= 11 is 0. The maximum Gasteiger partial charge on any atom is 0.156 e. The Labute approximate surface area is 171 Å². The van der Waals surface area contributed by atoms with Gasteiger partial charge in [-0.3, -0.25) is 4.79 Å². The minimum atomic E-state index is 0.169. The molecule has 146 valence electrons. The first-order valence-corrected chi connectivity index (χ1v) is 9.86. The Bertz CT molecular complexity index is 1000. The molecule has 0 fully saturated rings. The van der Waals surface area contributed by atoms with E-state index >= 15 is 0 Å². The lowest BCUT2D eigenvalue weighted by Gasteiger charge is -2.23. The highest BCUT2D eigenvalue weighted by Crippen LogP contribution is 2.37. The summed E-state index contributed by atoms with van der Waals surface area (Å²) in [5.74, 6) is 1.99. The number of hydrogen-bond donors (Lipinski definition) is 0. The second-order valence-corrected chi connectivity index (χ2v) is 7.32. The molecule has 3 aromatic rings.